The zero-order chi connectivity index (χ0) is 17.9. The van der Waals surface area contributed by atoms with Gasteiger partial charge in [0.2, 0.25) is 0 Å². The third-order valence-electron chi connectivity index (χ3n) is 3.90. The van der Waals surface area contributed by atoms with Crippen LogP contribution < -0.4 is 0 Å². The SMILES string of the molecule is CC(C)(C)OC(=O)[C@]1(Cc2ccccc2)CSC(c2ccccc2)=N1. The molecule has 3 rings (SSSR count). The number of thioether (sulfide) groups is 1. The summed E-state index contributed by atoms with van der Waals surface area (Å²) in [6.07, 6.45) is 0.548. The van der Waals surface area contributed by atoms with Gasteiger partial charge in [0, 0.05) is 17.7 Å². The van der Waals surface area contributed by atoms with Crippen LogP contribution in [0.5, 0.6) is 0 Å². The number of nitrogens with zero attached hydrogens (tertiary/aromatic N) is 1. The molecular weight excluding hydrogens is 330 g/mol. The molecule has 25 heavy (non-hydrogen) atoms. The molecule has 2 aromatic rings. The monoisotopic (exact) mass is 353 g/mol. The van der Waals surface area contributed by atoms with Crippen LogP contribution in [0.1, 0.15) is 31.9 Å². The molecule has 1 aliphatic rings. The molecule has 0 fully saturated rings. The fourth-order valence-corrected chi connectivity index (χ4v) is 3.95. The molecule has 3 nitrogen and oxygen atoms in total. The summed E-state index contributed by atoms with van der Waals surface area (Å²) in [7, 11) is 0. The third-order valence-corrected chi connectivity index (χ3v) is 5.12. The standard InChI is InChI=1S/C21H23NO2S/c1-20(2,3)24-19(23)21(14-16-10-6-4-7-11-16)15-25-18(22-21)17-12-8-5-9-13-17/h4-13H,14-15H2,1-3H3/t21-/m0/s1. The van der Waals surface area contributed by atoms with Crippen LogP contribution in [0.4, 0.5) is 0 Å². The third kappa shape index (κ3) is 4.31. The molecule has 1 heterocycles. The molecule has 0 bridgehead atoms. The van der Waals surface area contributed by atoms with Crippen LogP contribution in [0.25, 0.3) is 0 Å². The first-order chi connectivity index (χ1) is 11.9. The zero-order valence-electron chi connectivity index (χ0n) is 14.9. The van der Waals surface area contributed by atoms with Crippen molar-refractivity contribution in [2.45, 2.75) is 38.3 Å². The maximum atomic E-state index is 13.0. The van der Waals surface area contributed by atoms with E-state index in [2.05, 4.69) is 0 Å². The van der Waals surface area contributed by atoms with Crippen LogP contribution in [0.3, 0.4) is 0 Å². The molecule has 130 valence electrons. The van der Waals surface area contributed by atoms with Crippen molar-refractivity contribution in [3.05, 3.63) is 71.8 Å². The predicted molar refractivity (Wildman–Crippen MR) is 104 cm³/mol. The van der Waals surface area contributed by atoms with Gasteiger partial charge >= 0.3 is 5.97 Å². The van der Waals surface area contributed by atoms with Gasteiger partial charge in [0.15, 0.2) is 5.54 Å². The Hall–Kier alpha value is -2.07. The number of esters is 1. The number of benzene rings is 2. The van der Waals surface area contributed by atoms with Crippen molar-refractivity contribution in [1.82, 2.24) is 0 Å². The van der Waals surface area contributed by atoms with Gasteiger partial charge in [-0.25, -0.2) is 4.79 Å². The quantitative estimate of drug-likeness (QED) is 0.760. The maximum absolute atomic E-state index is 13.0. The molecule has 1 aliphatic heterocycles. The lowest BCUT2D eigenvalue weighted by Crippen LogP contribution is -2.44. The molecule has 0 aromatic heterocycles. The molecule has 4 heteroatoms. The number of rotatable bonds is 4. The summed E-state index contributed by atoms with van der Waals surface area (Å²) in [6, 6.07) is 20.0. The van der Waals surface area contributed by atoms with Crippen molar-refractivity contribution in [3.8, 4) is 0 Å². The average molecular weight is 353 g/mol. The summed E-state index contributed by atoms with van der Waals surface area (Å²) in [5.41, 5.74) is 0.735. The molecule has 0 aliphatic carbocycles. The summed E-state index contributed by atoms with van der Waals surface area (Å²) in [5, 5.41) is 0.905. The minimum absolute atomic E-state index is 0.248. The van der Waals surface area contributed by atoms with Crippen molar-refractivity contribution >= 4 is 22.8 Å². The lowest BCUT2D eigenvalue weighted by atomic mass is 9.93. The highest BCUT2D eigenvalue weighted by Gasteiger charge is 2.46. The minimum atomic E-state index is -0.871. The first-order valence-corrected chi connectivity index (χ1v) is 9.42. The van der Waals surface area contributed by atoms with Crippen molar-refractivity contribution < 1.29 is 9.53 Å². The average Bonchev–Trinajstić information content (AvgIpc) is 3.01. The number of ether oxygens (including phenoxy) is 1. The second-order valence-corrected chi connectivity index (χ2v) is 8.23. The minimum Gasteiger partial charge on any atom is -0.458 e. The largest absolute Gasteiger partial charge is 0.458 e. The summed E-state index contributed by atoms with van der Waals surface area (Å²) in [5.74, 6) is 0.350. The van der Waals surface area contributed by atoms with E-state index in [1.54, 1.807) is 11.8 Å². The van der Waals surface area contributed by atoms with Gasteiger partial charge in [-0.1, -0.05) is 60.7 Å². The first kappa shape index (κ1) is 17.7. The predicted octanol–water partition coefficient (Wildman–Crippen LogP) is 4.50. The Balaban J connectivity index is 1.96. The van der Waals surface area contributed by atoms with Gasteiger partial charge in [-0.15, -0.1) is 11.8 Å². The fourth-order valence-electron chi connectivity index (χ4n) is 2.75. The van der Waals surface area contributed by atoms with E-state index < -0.39 is 11.1 Å². The van der Waals surface area contributed by atoms with Crippen LogP contribution in [-0.4, -0.2) is 27.9 Å². The molecule has 0 radical (unpaired) electrons. The van der Waals surface area contributed by atoms with Crippen molar-refractivity contribution in [2.75, 3.05) is 5.75 Å². The lowest BCUT2D eigenvalue weighted by molar-refractivity contribution is -0.160. The molecule has 0 amide bonds. The van der Waals surface area contributed by atoms with Crippen molar-refractivity contribution in [1.29, 1.82) is 0 Å². The Labute approximate surface area is 153 Å². The molecule has 0 saturated carbocycles. The van der Waals surface area contributed by atoms with E-state index in [1.807, 2.05) is 81.4 Å². The van der Waals surface area contributed by atoms with Crippen LogP contribution in [0.15, 0.2) is 65.7 Å². The Morgan fingerprint density at radius 2 is 1.68 bits per heavy atom. The van der Waals surface area contributed by atoms with Gasteiger partial charge < -0.3 is 4.74 Å². The van der Waals surface area contributed by atoms with Crippen LogP contribution in [0, 0.1) is 0 Å². The number of carbonyl (C=O) groups is 1. The van der Waals surface area contributed by atoms with Crippen molar-refractivity contribution in [2.24, 2.45) is 4.99 Å². The van der Waals surface area contributed by atoms with E-state index in [9.17, 15) is 4.79 Å². The van der Waals surface area contributed by atoms with Gasteiger partial charge in [-0.3, -0.25) is 4.99 Å². The summed E-state index contributed by atoms with van der Waals surface area (Å²) < 4.78 is 5.72. The molecule has 2 aromatic carbocycles. The van der Waals surface area contributed by atoms with E-state index in [0.29, 0.717) is 12.2 Å². The molecule has 0 unspecified atom stereocenters. The van der Waals surface area contributed by atoms with E-state index >= 15 is 0 Å². The molecule has 0 saturated heterocycles. The normalized spacial score (nSPS) is 20.2. The van der Waals surface area contributed by atoms with Gasteiger partial charge in [-0.05, 0) is 26.3 Å². The topological polar surface area (TPSA) is 38.7 Å². The van der Waals surface area contributed by atoms with Crippen molar-refractivity contribution in [3.63, 3.8) is 0 Å². The van der Waals surface area contributed by atoms with E-state index in [4.69, 9.17) is 9.73 Å². The number of hydrogen-bond donors (Lipinski definition) is 0. The fraction of sp³-hybridized carbons (Fsp3) is 0.333. The molecule has 0 N–H and O–H groups in total. The number of hydrogen-bond acceptors (Lipinski definition) is 4. The smallest absolute Gasteiger partial charge is 0.335 e. The van der Waals surface area contributed by atoms with Crippen LogP contribution >= 0.6 is 11.8 Å². The second kappa shape index (κ2) is 7.04. The first-order valence-electron chi connectivity index (χ1n) is 8.43. The van der Waals surface area contributed by atoms with E-state index in [0.717, 1.165) is 16.2 Å². The Morgan fingerprint density at radius 1 is 1.08 bits per heavy atom. The molecular formula is C21H23NO2S. The van der Waals surface area contributed by atoms with E-state index in [-0.39, 0.29) is 5.97 Å². The molecule has 1 atom stereocenters. The zero-order valence-corrected chi connectivity index (χ0v) is 15.7. The van der Waals surface area contributed by atoms with Gasteiger partial charge in [0.25, 0.3) is 0 Å². The Bertz CT molecular complexity index is 765. The maximum Gasteiger partial charge on any atom is 0.335 e. The van der Waals surface area contributed by atoms with Crippen LogP contribution in [0.2, 0.25) is 0 Å². The van der Waals surface area contributed by atoms with Gasteiger partial charge in [-0.2, -0.15) is 0 Å². The second-order valence-electron chi connectivity index (χ2n) is 7.27. The summed E-state index contributed by atoms with van der Waals surface area (Å²) >= 11 is 1.63. The van der Waals surface area contributed by atoms with Gasteiger partial charge in [0.1, 0.15) is 5.60 Å². The van der Waals surface area contributed by atoms with Crippen LogP contribution in [-0.2, 0) is 16.0 Å². The Morgan fingerprint density at radius 3 is 2.28 bits per heavy atom. The number of aliphatic imine (C=N–C) groups is 1. The highest BCUT2D eigenvalue weighted by Crippen LogP contribution is 2.35. The Kier molecular flexibility index (Phi) is 5.00. The van der Waals surface area contributed by atoms with E-state index in [1.165, 1.54) is 0 Å². The highest BCUT2D eigenvalue weighted by atomic mass is 32.2. The number of carbonyl (C=O) groups excluding carboxylic acids is 1. The summed E-state index contributed by atoms with van der Waals surface area (Å²) in [6.45, 7) is 5.68. The van der Waals surface area contributed by atoms with Gasteiger partial charge in [0.05, 0.1) is 5.04 Å². The lowest BCUT2D eigenvalue weighted by Gasteiger charge is -2.28. The summed E-state index contributed by atoms with van der Waals surface area (Å²) in [4.78, 5) is 17.9. The highest BCUT2D eigenvalue weighted by molar-refractivity contribution is 8.14. The molecule has 0 spiro atoms.